The molecule has 1 fully saturated rings. The number of nitrogens with zero attached hydrogens (tertiary/aromatic N) is 3. The van der Waals surface area contributed by atoms with Crippen LogP contribution in [0.1, 0.15) is 37.4 Å². The van der Waals surface area contributed by atoms with Crippen molar-refractivity contribution in [1.29, 1.82) is 0 Å². The van der Waals surface area contributed by atoms with E-state index in [9.17, 15) is 4.79 Å². The molecule has 1 aliphatic heterocycles. The van der Waals surface area contributed by atoms with Gasteiger partial charge in [-0.25, -0.2) is 4.98 Å². The molecule has 150 valence electrons. The van der Waals surface area contributed by atoms with E-state index in [1.165, 1.54) is 12.8 Å². The van der Waals surface area contributed by atoms with Gasteiger partial charge in [-0.1, -0.05) is 37.3 Å². The number of nitrogens with one attached hydrogen (secondary N) is 1. The minimum Gasteiger partial charge on any atom is -0.481 e. The quantitative estimate of drug-likeness (QED) is 0.760. The van der Waals surface area contributed by atoms with Crippen molar-refractivity contribution in [3.63, 3.8) is 0 Å². The van der Waals surface area contributed by atoms with Crippen molar-refractivity contribution < 1.29 is 9.53 Å². The predicted molar refractivity (Wildman–Crippen MR) is 110 cm³/mol. The number of ether oxygens (including phenoxy) is 1. The van der Waals surface area contributed by atoms with Gasteiger partial charge < -0.3 is 15.0 Å². The number of hydrogen-bond acceptors (Lipinski definition) is 5. The Balaban J connectivity index is 1.71. The summed E-state index contributed by atoms with van der Waals surface area (Å²) in [5, 5.41) is 3.18. The predicted octanol–water partition coefficient (Wildman–Crippen LogP) is 2.99. The lowest BCUT2D eigenvalue weighted by Crippen LogP contribution is -2.43. The number of hydrogen-bond donors (Lipinski definition) is 1. The molecule has 0 spiro atoms. The maximum absolute atomic E-state index is 12.7. The van der Waals surface area contributed by atoms with Crippen molar-refractivity contribution >= 4 is 5.91 Å². The molecule has 28 heavy (non-hydrogen) atoms. The van der Waals surface area contributed by atoms with E-state index in [2.05, 4.69) is 27.1 Å². The van der Waals surface area contributed by atoms with Crippen LogP contribution in [0.5, 0.6) is 5.88 Å². The largest absolute Gasteiger partial charge is 0.481 e. The molecule has 0 bridgehead atoms. The molecule has 1 aromatic heterocycles. The molecule has 0 aliphatic carbocycles. The Labute approximate surface area is 167 Å². The third-order valence-corrected chi connectivity index (χ3v) is 5.27. The Morgan fingerprint density at radius 3 is 2.57 bits per heavy atom. The number of aryl methyl sites for hydroxylation is 1. The highest BCUT2D eigenvalue weighted by Crippen LogP contribution is 2.24. The lowest BCUT2D eigenvalue weighted by Gasteiger charge is -2.23. The first-order valence-electron chi connectivity index (χ1n) is 10.1. The van der Waals surface area contributed by atoms with Crippen LogP contribution in [0.4, 0.5) is 0 Å². The average Bonchev–Trinajstić information content (AvgIpc) is 3.22. The van der Waals surface area contributed by atoms with Crippen LogP contribution in [0.3, 0.4) is 0 Å². The van der Waals surface area contributed by atoms with Crippen LogP contribution in [0.15, 0.2) is 30.3 Å². The highest BCUT2D eigenvalue weighted by Gasteiger charge is 2.21. The van der Waals surface area contributed by atoms with Crippen LogP contribution in [-0.4, -0.2) is 53.6 Å². The number of amides is 1. The first kappa shape index (κ1) is 20.3. The second-order valence-corrected chi connectivity index (χ2v) is 7.34. The molecule has 1 aromatic carbocycles. The van der Waals surface area contributed by atoms with Crippen LogP contribution in [-0.2, 0) is 11.2 Å². The topological polar surface area (TPSA) is 67.4 Å². The van der Waals surface area contributed by atoms with Gasteiger partial charge >= 0.3 is 0 Å². The number of benzene rings is 1. The Bertz CT molecular complexity index is 789. The van der Waals surface area contributed by atoms with Crippen LogP contribution >= 0.6 is 0 Å². The van der Waals surface area contributed by atoms with E-state index in [-0.39, 0.29) is 18.4 Å². The molecule has 1 aliphatic rings. The summed E-state index contributed by atoms with van der Waals surface area (Å²) in [5.41, 5.74) is 2.45. The number of rotatable bonds is 8. The van der Waals surface area contributed by atoms with Crippen molar-refractivity contribution in [1.82, 2.24) is 20.2 Å². The van der Waals surface area contributed by atoms with Gasteiger partial charge in [0.15, 0.2) is 5.82 Å². The van der Waals surface area contributed by atoms with Crippen LogP contribution in [0.2, 0.25) is 0 Å². The number of carbonyl (C=O) groups excluding carboxylic acids is 1. The Morgan fingerprint density at radius 2 is 1.93 bits per heavy atom. The molecule has 6 nitrogen and oxygen atoms in total. The van der Waals surface area contributed by atoms with Gasteiger partial charge in [0.25, 0.3) is 0 Å². The molecule has 0 unspecified atom stereocenters. The number of methoxy groups -OCH3 is 1. The fourth-order valence-electron chi connectivity index (χ4n) is 3.65. The standard InChI is InChI=1S/C22H30N4O2/c1-4-18(15-26-12-8-9-13-26)24-20(27)14-19-16(2)23-21(25-22(19)28-3)17-10-6-5-7-11-17/h5-7,10-11,18H,4,8-9,12-15H2,1-3H3,(H,24,27)/t18-/m1/s1. The molecular weight excluding hydrogens is 352 g/mol. The highest BCUT2D eigenvalue weighted by molar-refractivity contribution is 5.80. The molecule has 2 aromatic rings. The average molecular weight is 383 g/mol. The van der Waals surface area contributed by atoms with Gasteiger partial charge in [-0.05, 0) is 39.3 Å². The molecule has 0 radical (unpaired) electrons. The summed E-state index contributed by atoms with van der Waals surface area (Å²) < 4.78 is 5.49. The van der Waals surface area contributed by atoms with Crippen molar-refractivity contribution in [3.8, 4) is 17.3 Å². The summed E-state index contributed by atoms with van der Waals surface area (Å²) in [6.45, 7) is 7.20. The number of aromatic nitrogens is 2. The zero-order valence-electron chi connectivity index (χ0n) is 17.1. The Hall–Kier alpha value is -2.47. The molecule has 1 amide bonds. The van der Waals surface area contributed by atoms with Gasteiger partial charge in [-0.2, -0.15) is 4.98 Å². The van der Waals surface area contributed by atoms with E-state index < -0.39 is 0 Å². The minimum absolute atomic E-state index is 0.0106. The monoisotopic (exact) mass is 382 g/mol. The van der Waals surface area contributed by atoms with Crippen LogP contribution in [0, 0.1) is 6.92 Å². The van der Waals surface area contributed by atoms with E-state index in [0.717, 1.165) is 42.9 Å². The van der Waals surface area contributed by atoms with Gasteiger partial charge in [-0.15, -0.1) is 0 Å². The molecule has 1 N–H and O–H groups in total. The first-order chi connectivity index (χ1) is 13.6. The highest BCUT2D eigenvalue weighted by atomic mass is 16.5. The third kappa shape index (κ3) is 5.07. The van der Waals surface area contributed by atoms with Crippen molar-refractivity contribution in [2.75, 3.05) is 26.7 Å². The van der Waals surface area contributed by atoms with Gasteiger partial charge in [0, 0.05) is 29.4 Å². The summed E-state index contributed by atoms with van der Waals surface area (Å²) in [4.78, 5) is 24.3. The summed E-state index contributed by atoms with van der Waals surface area (Å²) in [6.07, 6.45) is 3.65. The van der Waals surface area contributed by atoms with Gasteiger partial charge in [0.05, 0.1) is 13.5 Å². The third-order valence-electron chi connectivity index (χ3n) is 5.27. The van der Waals surface area contributed by atoms with E-state index >= 15 is 0 Å². The second-order valence-electron chi connectivity index (χ2n) is 7.34. The van der Waals surface area contributed by atoms with Gasteiger partial charge in [0.1, 0.15) is 0 Å². The van der Waals surface area contributed by atoms with E-state index in [4.69, 9.17) is 4.74 Å². The lowest BCUT2D eigenvalue weighted by atomic mass is 10.1. The molecule has 6 heteroatoms. The van der Waals surface area contributed by atoms with E-state index in [1.54, 1.807) is 7.11 Å². The van der Waals surface area contributed by atoms with E-state index in [1.807, 2.05) is 37.3 Å². The van der Waals surface area contributed by atoms with Crippen LogP contribution in [0.25, 0.3) is 11.4 Å². The molecule has 0 saturated carbocycles. The molecular formula is C22H30N4O2. The Kier molecular flexibility index (Phi) is 6.98. The normalized spacial score (nSPS) is 15.4. The fourth-order valence-corrected chi connectivity index (χ4v) is 3.65. The molecule has 1 atom stereocenters. The molecule has 3 rings (SSSR count). The molecule has 1 saturated heterocycles. The maximum Gasteiger partial charge on any atom is 0.224 e. The summed E-state index contributed by atoms with van der Waals surface area (Å²) in [5.74, 6) is 1.07. The Morgan fingerprint density at radius 1 is 1.21 bits per heavy atom. The van der Waals surface area contributed by atoms with E-state index in [0.29, 0.717) is 11.7 Å². The van der Waals surface area contributed by atoms with Gasteiger partial charge in [-0.3, -0.25) is 4.79 Å². The fraction of sp³-hybridized carbons (Fsp3) is 0.500. The zero-order chi connectivity index (χ0) is 19.9. The van der Waals surface area contributed by atoms with Crippen molar-refractivity contribution in [2.24, 2.45) is 0 Å². The summed E-state index contributed by atoms with van der Waals surface area (Å²) in [6, 6.07) is 9.95. The lowest BCUT2D eigenvalue weighted by molar-refractivity contribution is -0.121. The van der Waals surface area contributed by atoms with Crippen LogP contribution < -0.4 is 10.1 Å². The smallest absolute Gasteiger partial charge is 0.224 e. The first-order valence-corrected chi connectivity index (χ1v) is 10.1. The van der Waals surface area contributed by atoms with Crippen molar-refractivity contribution in [3.05, 3.63) is 41.6 Å². The van der Waals surface area contributed by atoms with Crippen molar-refractivity contribution in [2.45, 2.75) is 45.6 Å². The summed E-state index contributed by atoms with van der Waals surface area (Å²) >= 11 is 0. The van der Waals surface area contributed by atoms with Gasteiger partial charge in [0.2, 0.25) is 11.8 Å². The number of carbonyl (C=O) groups is 1. The SMILES string of the molecule is CC[C@H](CN1CCCC1)NC(=O)Cc1c(C)nc(-c2ccccc2)nc1OC. The number of likely N-dealkylation sites (tertiary alicyclic amines) is 1. The molecule has 2 heterocycles. The zero-order valence-corrected chi connectivity index (χ0v) is 17.1. The summed E-state index contributed by atoms with van der Waals surface area (Å²) in [7, 11) is 1.58. The second kappa shape index (κ2) is 9.64. The minimum atomic E-state index is -0.0106. The maximum atomic E-state index is 12.7.